The van der Waals surface area contributed by atoms with Crippen molar-refractivity contribution in [1.29, 1.82) is 0 Å². The fourth-order valence-electron chi connectivity index (χ4n) is 2.43. The number of hydrogen-bond donors (Lipinski definition) is 2. The molecular formula is C18H19FO4. The van der Waals surface area contributed by atoms with Gasteiger partial charge in [0.1, 0.15) is 23.9 Å². The van der Waals surface area contributed by atoms with Gasteiger partial charge in [0.15, 0.2) is 5.78 Å². The van der Waals surface area contributed by atoms with Crippen molar-refractivity contribution in [2.24, 2.45) is 5.92 Å². The van der Waals surface area contributed by atoms with E-state index in [1.165, 1.54) is 42.5 Å². The van der Waals surface area contributed by atoms with Gasteiger partial charge in [0, 0.05) is 11.1 Å². The van der Waals surface area contributed by atoms with Crippen molar-refractivity contribution in [3.8, 4) is 11.5 Å². The lowest BCUT2D eigenvalue weighted by Gasteiger charge is -2.29. The first-order valence-corrected chi connectivity index (χ1v) is 7.50. The molecule has 3 rings (SSSR count). The third-order valence-corrected chi connectivity index (χ3v) is 3.58. The Kier molecular flexibility index (Phi) is 5.34. The molecule has 0 amide bonds. The number of aliphatic hydroxyl groups is 1. The van der Waals surface area contributed by atoms with E-state index < -0.39 is 17.8 Å². The normalized spacial score (nSPS) is 19.0. The second-order valence-corrected chi connectivity index (χ2v) is 4.96. The topological polar surface area (TPSA) is 66.8 Å². The van der Waals surface area contributed by atoms with E-state index in [1.54, 1.807) is 0 Å². The molecule has 122 valence electrons. The van der Waals surface area contributed by atoms with Gasteiger partial charge in [0.25, 0.3) is 0 Å². The number of Topliss-reactive ketones (excluding diaryl/α,β-unsaturated/α-hetero) is 1. The zero-order valence-corrected chi connectivity index (χ0v) is 13.0. The van der Waals surface area contributed by atoms with Crippen LogP contribution >= 0.6 is 0 Å². The summed E-state index contributed by atoms with van der Waals surface area (Å²) in [6.45, 7) is 4.03. The van der Waals surface area contributed by atoms with Crippen LogP contribution in [0.25, 0.3) is 0 Å². The van der Waals surface area contributed by atoms with Crippen molar-refractivity contribution in [3.05, 3.63) is 59.4 Å². The molecule has 5 heteroatoms. The number of halogens is 1. The molecule has 1 aliphatic rings. The molecule has 0 spiro atoms. The van der Waals surface area contributed by atoms with Gasteiger partial charge in [-0.05, 0) is 42.5 Å². The molecule has 4 nitrogen and oxygen atoms in total. The van der Waals surface area contributed by atoms with Crippen molar-refractivity contribution < 1.29 is 24.1 Å². The minimum Gasteiger partial charge on any atom is -0.508 e. The minimum absolute atomic E-state index is 0.0273. The van der Waals surface area contributed by atoms with Crippen molar-refractivity contribution >= 4 is 5.78 Å². The number of aromatic hydroxyl groups is 1. The highest BCUT2D eigenvalue weighted by molar-refractivity contribution is 5.98. The van der Waals surface area contributed by atoms with E-state index >= 15 is 0 Å². The van der Waals surface area contributed by atoms with Crippen LogP contribution in [0.3, 0.4) is 0 Å². The molecule has 1 heterocycles. The molecule has 2 atom stereocenters. The second kappa shape index (κ2) is 7.24. The molecule has 1 aliphatic heterocycles. The van der Waals surface area contributed by atoms with Gasteiger partial charge in [-0.3, -0.25) is 4.79 Å². The molecule has 0 saturated heterocycles. The number of hydrogen-bond acceptors (Lipinski definition) is 4. The lowest BCUT2D eigenvalue weighted by Crippen LogP contribution is -2.32. The summed E-state index contributed by atoms with van der Waals surface area (Å²) in [5, 5.41) is 19.5. The van der Waals surface area contributed by atoms with Gasteiger partial charge < -0.3 is 14.9 Å². The summed E-state index contributed by atoms with van der Waals surface area (Å²) in [7, 11) is 0. The number of carbonyl (C=O) groups excluding carboxylic acids is 1. The first kappa shape index (κ1) is 17.0. The Bertz CT molecular complexity index is 682. The molecule has 2 aromatic rings. The molecule has 0 saturated carbocycles. The fraction of sp³-hybridized carbons (Fsp3) is 0.278. The summed E-state index contributed by atoms with van der Waals surface area (Å²) in [5.74, 6) is -1.16. The first-order chi connectivity index (χ1) is 11.1. The van der Waals surface area contributed by atoms with Gasteiger partial charge in [0.05, 0.1) is 12.0 Å². The molecule has 0 aliphatic carbocycles. The van der Waals surface area contributed by atoms with E-state index in [2.05, 4.69) is 0 Å². The van der Waals surface area contributed by atoms with Gasteiger partial charge in [0.2, 0.25) is 0 Å². The minimum atomic E-state index is -1.12. The summed E-state index contributed by atoms with van der Waals surface area (Å²) < 4.78 is 18.7. The number of aliphatic hydroxyl groups excluding tert-OH is 1. The number of ketones is 1. The summed E-state index contributed by atoms with van der Waals surface area (Å²) in [6, 6.07) is 9.61. The molecule has 0 fully saturated rings. The Morgan fingerprint density at radius 2 is 1.83 bits per heavy atom. The number of phenolic OH excluding ortho intramolecular Hbond substituents is 1. The van der Waals surface area contributed by atoms with Gasteiger partial charge in [-0.15, -0.1) is 0 Å². The first-order valence-electron chi connectivity index (χ1n) is 7.50. The largest absolute Gasteiger partial charge is 0.508 e. The lowest BCUT2D eigenvalue weighted by atomic mass is 9.87. The van der Waals surface area contributed by atoms with E-state index in [-0.39, 0.29) is 23.7 Å². The Balaban J connectivity index is 0.000000924. The molecule has 0 aromatic heterocycles. The van der Waals surface area contributed by atoms with E-state index in [0.717, 1.165) is 0 Å². The fourth-order valence-corrected chi connectivity index (χ4v) is 2.43. The quantitative estimate of drug-likeness (QED) is 0.832. The van der Waals surface area contributed by atoms with Crippen LogP contribution in [0.2, 0.25) is 0 Å². The number of carbonyl (C=O) groups is 1. The zero-order valence-electron chi connectivity index (χ0n) is 13.0. The highest BCUT2D eigenvalue weighted by Crippen LogP contribution is 2.37. The predicted molar refractivity (Wildman–Crippen MR) is 84.1 cm³/mol. The van der Waals surface area contributed by atoms with Crippen LogP contribution in [0.15, 0.2) is 42.5 Å². The van der Waals surface area contributed by atoms with E-state index in [9.17, 15) is 19.4 Å². The summed E-state index contributed by atoms with van der Waals surface area (Å²) >= 11 is 0. The highest BCUT2D eigenvalue weighted by Gasteiger charge is 2.35. The molecule has 2 aromatic carbocycles. The molecular weight excluding hydrogens is 299 g/mol. The van der Waals surface area contributed by atoms with E-state index in [1.807, 2.05) is 13.8 Å². The Morgan fingerprint density at radius 3 is 2.48 bits per heavy atom. The Morgan fingerprint density at radius 1 is 1.17 bits per heavy atom. The molecule has 2 unspecified atom stereocenters. The predicted octanol–water partition coefficient (Wildman–Crippen LogP) is 3.48. The van der Waals surface area contributed by atoms with Crippen LogP contribution in [0.4, 0.5) is 4.39 Å². The summed E-state index contributed by atoms with van der Waals surface area (Å²) in [5.41, 5.74) is 0.638. The van der Waals surface area contributed by atoms with E-state index in [4.69, 9.17) is 4.74 Å². The third-order valence-electron chi connectivity index (χ3n) is 3.58. The molecule has 2 N–H and O–H groups in total. The maximum atomic E-state index is 13.3. The van der Waals surface area contributed by atoms with Crippen molar-refractivity contribution in [2.75, 3.05) is 6.61 Å². The number of rotatable bonds is 2. The van der Waals surface area contributed by atoms with Gasteiger partial charge in [-0.25, -0.2) is 4.39 Å². The van der Waals surface area contributed by atoms with Crippen molar-refractivity contribution in [3.63, 3.8) is 0 Å². The summed E-state index contributed by atoms with van der Waals surface area (Å²) in [4.78, 5) is 12.4. The number of ether oxygens (including phenoxy) is 1. The Hall–Kier alpha value is -2.40. The van der Waals surface area contributed by atoms with Crippen LogP contribution in [0.5, 0.6) is 11.5 Å². The highest BCUT2D eigenvalue weighted by atomic mass is 19.1. The zero-order chi connectivity index (χ0) is 17.0. The standard InChI is InChI=1S/C16H13FO4.C2H6/c17-10-3-6-14-12(7-10)16(20)13(8-21-14)15(19)9-1-4-11(18)5-2-9;1-2/h1-7,13,16,18,20H,8H2;1-2H3. The Labute approximate surface area is 134 Å². The lowest BCUT2D eigenvalue weighted by molar-refractivity contribution is 0.0416. The monoisotopic (exact) mass is 318 g/mol. The molecule has 0 bridgehead atoms. The van der Waals surface area contributed by atoms with Crippen molar-refractivity contribution in [1.82, 2.24) is 0 Å². The van der Waals surface area contributed by atoms with Gasteiger partial charge in [-0.2, -0.15) is 0 Å². The summed E-state index contributed by atoms with van der Waals surface area (Å²) in [6.07, 6.45) is -1.12. The van der Waals surface area contributed by atoms with Gasteiger partial charge in [-0.1, -0.05) is 13.8 Å². The second-order valence-electron chi connectivity index (χ2n) is 4.96. The van der Waals surface area contributed by atoms with Gasteiger partial charge >= 0.3 is 0 Å². The van der Waals surface area contributed by atoms with Crippen LogP contribution < -0.4 is 4.74 Å². The number of benzene rings is 2. The van der Waals surface area contributed by atoms with Crippen LogP contribution in [0.1, 0.15) is 35.9 Å². The maximum Gasteiger partial charge on any atom is 0.172 e. The van der Waals surface area contributed by atoms with Crippen LogP contribution in [0, 0.1) is 11.7 Å². The van der Waals surface area contributed by atoms with E-state index in [0.29, 0.717) is 11.3 Å². The smallest absolute Gasteiger partial charge is 0.172 e. The SMILES string of the molecule is CC.O=C(c1ccc(O)cc1)C1COc2ccc(F)cc2C1O. The van der Waals surface area contributed by atoms with Crippen molar-refractivity contribution in [2.45, 2.75) is 20.0 Å². The average molecular weight is 318 g/mol. The number of fused-ring (bicyclic) bond motifs is 1. The van der Waals surface area contributed by atoms with Crippen LogP contribution in [-0.4, -0.2) is 22.6 Å². The average Bonchev–Trinajstić information content (AvgIpc) is 2.58. The maximum absolute atomic E-state index is 13.3. The molecule has 0 radical (unpaired) electrons. The third kappa shape index (κ3) is 3.51. The van der Waals surface area contributed by atoms with Crippen LogP contribution in [-0.2, 0) is 0 Å². The molecule has 23 heavy (non-hydrogen) atoms. The number of phenols is 1.